The van der Waals surface area contributed by atoms with Crippen LogP contribution in [0.1, 0.15) is 24.1 Å². The lowest BCUT2D eigenvalue weighted by atomic mass is 10.0. The van der Waals surface area contributed by atoms with Gasteiger partial charge in [-0.1, -0.05) is 24.3 Å². The van der Waals surface area contributed by atoms with Gasteiger partial charge in [0.1, 0.15) is 0 Å². The van der Waals surface area contributed by atoms with Crippen LogP contribution in [0.3, 0.4) is 0 Å². The Bertz CT molecular complexity index is 831. The van der Waals surface area contributed by atoms with Crippen molar-refractivity contribution in [1.29, 1.82) is 0 Å². The van der Waals surface area contributed by atoms with Gasteiger partial charge in [0.2, 0.25) is 0 Å². The van der Waals surface area contributed by atoms with E-state index in [1.54, 1.807) is 0 Å². The molecule has 1 N–H and O–H groups in total. The van der Waals surface area contributed by atoms with Crippen molar-refractivity contribution in [3.63, 3.8) is 0 Å². The van der Waals surface area contributed by atoms with Gasteiger partial charge in [-0.2, -0.15) is 5.10 Å². The van der Waals surface area contributed by atoms with E-state index in [1.165, 1.54) is 5.56 Å². The van der Waals surface area contributed by atoms with Crippen molar-refractivity contribution in [3.8, 4) is 0 Å². The zero-order valence-electron chi connectivity index (χ0n) is 14.2. The monoisotopic (exact) mass is 334 g/mol. The maximum atomic E-state index is 5.43. The first-order valence-corrected chi connectivity index (χ1v) is 8.85. The molecule has 128 valence electrons. The smallest absolute Gasteiger partial charge is 0.156 e. The molecule has 3 aromatic rings. The quantitative estimate of drug-likeness (QED) is 0.774. The third kappa shape index (κ3) is 3.77. The molecule has 1 saturated heterocycles. The molecule has 25 heavy (non-hydrogen) atoms. The van der Waals surface area contributed by atoms with E-state index < -0.39 is 0 Å². The number of rotatable bonds is 5. The largest absolute Gasteiger partial charge is 0.381 e. The van der Waals surface area contributed by atoms with E-state index in [1.807, 2.05) is 24.5 Å². The average molecular weight is 334 g/mol. The molecule has 0 unspecified atom stereocenters. The number of fused-ring (bicyclic) bond motifs is 1. The van der Waals surface area contributed by atoms with E-state index in [2.05, 4.69) is 44.8 Å². The maximum absolute atomic E-state index is 5.43. The van der Waals surface area contributed by atoms with Crippen LogP contribution in [0.15, 0.2) is 48.8 Å². The molecule has 1 aromatic carbocycles. The second-order valence-electron chi connectivity index (χ2n) is 6.51. The number of nitrogens with zero attached hydrogens (tertiary/aromatic N) is 3. The Labute approximate surface area is 147 Å². The predicted octanol–water partition coefficient (Wildman–Crippen LogP) is 3.45. The lowest BCUT2D eigenvalue weighted by molar-refractivity contribution is 0.0699. The third-order valence-electron chi connectivity index (χ3n) is 4.78. The summed E-state index contributed by atoms with van der Waals surface area (Å²) in [6.45, 7) is 2.65. The first-order valence-electron chi connectivity index (χ1n) is 8.85. The number of nitrogens with one attached hydrogen (secondary N) is 1. The van der Waals surface area contributed by atoms with Crippen molar-refractivity contribution in [2.45, 2.75) is 19.3 Å². The van der Waals surface area contributed by atoms with Crippen LogP contribution >= 0.6 is 0 Å². The Hall–Kier alpha value is -2.53. The molecular formula is C20H22N4O. The number of pyridine rings is 1. The molecular weight excluding hydrogens is 312 g/mol. The molecule has 0 aliphatic carbocycles. The summed E-state index contributed by atoms with van der Waals surface area (Å²) in [6.07, 6.45) is 6.61. The van der Waals surface area contributed by atoms with Crippen molar-refractivity contribution in [2.75, 3.05) is 25.1 Å². The maximum Gasteiger partial charge on any atom is 0.156 e. The second-order valence-corrected chi connectivity index (χ2v) is 6.51. The minimum Gasteiger partial charge on any atom is -0.381 e. The van der Waals surface area contributed by atoms with Gasteiger partial charge in [0.15, 0.2) is 5.82 Å². The van der Waals surface area contributed by atoms with Crippen molar-refractivity contribution >= 4 is 16.6 Å². The summed E-state index contributed by atoms with van der Waals surface area (Å²) in [7, 11) is 0. The van der Waals surface area contributed by atoms with Gasteiger partial charge < -0.3 is 10.1 Å². The van der Waals surface area contributed by atoms with Crippen LogP contribution in [0, 0.1) is 5.92 Å². The van der Waals surface area contributed by atoms with Gasteiger partial charge in [-0.15, -0.1) is 5.10 Å². The van der Waals surface area contributed by atoms with Gasteiger partial charge in [-0.05, 0) is 36.5 Å². The lowest BCUT2D eigenvalue weighted by Gasteiger charge is -2.22. The van der Waals surface area contributed by atoms with Crippen LogP contribution in [-0.2, 0) is 11.2 Å². The van der Waals surface area contributed by atoms with Crippen molar-refractivity contribution in [3.05, 3.63) is 60.0 Å². The standard InChI is InChI=1S/C20H22N4O/c1-2-4-18-17(3-1)19(13-15-5-9-21-10-6-15)23-24-20(18)22-14-16-7-11-25-12-8-16/h1-6,9-10,16H,7-8,11-14H2,(H,22,24). The molecule has 0 bridgehead atoms. The van der Waals surface area contributed by atoms with E-state index in [0.717, 1.165) is 61.3 Å². The normalized spacial score (nSPS) is 15.4. The summed E-state index contributed by atoms with van der Waals surface area (Å²) in [5.41, 5.74) is 2.19. The molecule has 0 amide bonds. The highest BCUT2D eigenvalue weighted by Crippen LogP contribution is 2.25. The number of hydrogen-bond acceptors (Lipinski definition) is 5. The molecule has 0 atom stereocenters. The fraction of sp³-hybridized carbons (Fsp3) is 0.350. The Morgan fingerprint density at radius 2 is 1.72 bits per heavy atom. The zero-order chi connectivity index (χ0) is 16.9. The SMILES string of the molecule is c1ccc2c(NCC3CCOCC3)nnc(Cc3ccncc3)c2c1. The fourth-order valence-corrected chi connectivity index (χ4v) is 3.31. The minimum absolute atomic E-state index is 0.644. The van der Waals surface area contributed by atoms with Gasteiger partial charge in [0.25, 0.3) is 0 Å². The summed E-state index contributed by atoms with van der Waals surface area (Å²) in [4.78, 5) is 4.08. The lowest BCUT2D eigenvalue weighted by Crippen LogP contribution is -2.23. The van der Waals surface area contributed by atoms with E-state index in [9.17, 15) is 0 Å². The third-order valence-corrected chi connectivity index (χ3v) is 4.78. The fourth-order valence-electron chi connectivity index (χ4n) is 3.31. The number of anilines is 1. The van der Waals surface area contributed by atoms with Gasteiger partial charge in [0.05, 0.1) is 5.69 Å². The second kappa shape index (κ2) is 7.57. The van der Waals surface area contributed by atoms with Crippen LogP contribution in [0.2, 0.25) is 0 Å². The van der Waals surface area contributed by atoms with Crippen LogP contribution in [-0.4, -0.2) is 34.9 Å². The Balaban J connectivity index is 1.58. The first kappa shape index (κ1) is 16.0. The van der Waals surface area contributed by atoms with Crippen molar-refractivity contribution < 1.29 is 4.74 Å². The highest BCUT2D eigenvalue weighted by molar-refractivity contribution is 5.93. The Morgan fingerprint density at radius 3 is 2.52 bits per heavy atom. The molecule has 1 aliphatic heterocycles. The number of hydrogen-bond donors (Lipinski definition) is 1. The predicted molar refractivity (Wildman–Crippen MR) is 98.6 cm³/mol. The summed E-state index contributed by atoms with van der Waals surface area (Å²) >= 11 is 0. The van der Waals surface area contributed by atoms with Gasteiger partial charge >= 0.3 is 0 Å². The molecule has 0 spiro atoms. The number of benzene rings is 1. The highest BCUT2D eigenvalue weighted by Gasteiger charge is 2.15. The van der Waals surface area contributed by atoms with E-state index in [4.69, 9.17) is 4.74 Å². The molecule has 5 heteroatoms. The van der Waals surface area contributed by atoms with Crippen molar-refractivity contribution in [1.82, 2.24) is 15.2 Å². The summed E-state index contributed by atoms with van der Waals surface area (Å²) < 4.78 is 5.43. The summed E-state index contributed by atoms with van der Waals surface area (Å²) in [5, 5.41) is 14.8. The molecule has 4 rings (SSSR count). The molecule has 3 heterocycles. The van der Waals surface area contributed by atoms with E-state index >= 15 is 0 Å². The Morgan fingerprint density at radius 1 is 0.960 bits per heavy atom. The van der Waals surface area contributed by atoms with Gasteiger partial charge in [0, 0.05) is 49.3 Å². The molecule has 1 aliphatic rings. The zero-order valence-corrected chi connectivity index (χ0v) is 14.2. The van der Waals surface area contributed by atoms with Crippen LogP contribution in [0.4, 0.5) is 5.82 Å². The molecule has 1 fully saturated rings. The van der Waals surface area contributed by atoms with Gasteiger partial charge in [-0.3, -0.25) is 4.98 Å². The topological polar surface area (TPSA) is 59.9 Å². The number of ether oxygens (including phenoxy) is 1. The molecule has 0 saturated carbocycles. The van der Waals surface area contributed by atoms with Crippen LogP contribution < -0.4 is 5.32 Å². The minimum atomic E-state index is 0.644. The van der Waals surface area contributed by atoms with Crippen molar-refractivity contribution in [2.24, 2.45) is 5.92 Å². The van der Waals surface area contributed by atoms with E-state index in [0.29, 0.717) is 5.92 Å². The summed E-state index contributed by atoms with van der Waals surface area (Å²) in [6, 6.07) is 12.4. The molecule has 2 aromatic heterocycles. The summed E-state index contributed by atoms with van der Waals surface area (Å²) in [5.74, 6) is 1.52. The van der Waals surface area contributed by atoms with Crippen LogP contribution in [0.25, 0.3) is 10.8 Å². The first-order chi connectivity index (χ1) is 12.4. The molecule has 0 radical (unpaired) electrons. The number of aromatic nitrogens is 3. The van der Waals surface area contributed by atoms with Gasteiger partial charge in [-0.25, -0.2) is 0 Å². The van der Waals surface area contributed by atoms with Crippen LogP contribution in [0.5, 0.6) is 0 Å². The average Bonchev–Trinajstić information content (AvgIpc) is 2.69. The van der Waals surface area contributed by atoms with E-state index in [-0.39, 0.29) is 0 Å². The molecule has 5 nitrogen and oxygen atoms in total. The Kier molecular flexibility index (Phi) is 4.84. The highest BCUT2D eigenvalue weighted by atomic mass is 16.5.